The molecule has 1 fully saturated rings. The lowest BCUT2D eigenvalue weighted by Crippen LogP contribution is -2.36. The first-order valence-electron chi connectivity index (χ1n) is 5.07. The third kappa shape index (κ3) is 3.66. The van der Waals surface area contributed by atoms with Gasteiger partial charge in [-0.3, -0.25) is 0 Å². The summed E-state index contributed by atoms with van der Waals surface area (Å²) in [6, 6.07) is 0. The summed E-state index contributed by atoms with van der Waals surface area (Å²) in [4.78, 5) is 13.8. The van der Waals surface area contributed by atoms with Gasteiger partial charge in [-0.1, -0.05) is 12.2 Å². The van der Waals surface area contributed by atoms with Crippen LogP contribution in [0.25, 0.3) is 0 Å². The zero-order chi connectivity index (χ0) is 11.6. The molecule has 15 heavy (non-hydrogen) atoms. The van der Waals surface area contributed by atoms with Gasteiger partial charge in [-0.2, -0.15) is 0 Å². The molecule has 0 aromatic heterocycles. The molecule has 0 spiro atoms. The fourth-order valence-electron chi connectivity index (χ4n) is 1.48. The van der Waals surface area contributed by atoms with Gasteiger partial charge in [0.05, 0.1) is 4.99 Å². The van der Waals surface area contributed by atoms with Gasteiger partial charge in [0.15, 0.2) is 0 Å². The molecule has 0 aromatic carbocycles. The second-order valence-electron chi connectivity index (χ2n) is 4.81. The van der Waals surface area contributed by atoms with E-state index in [4.69, 9.17) is 22.7 Å². The minimum Gasteiger partial charge on any atom is -0.444 e. The smallest absolute Gasteiger partial charge is 0.410 e. The number of amides is 1. The largest absolute Gasteiger partial charge is 0.444 e. The lowest BCUT2D eigenvalue weighted by Gasteiger charge is -2.24. The highest BCUT2D eigenvalue weighted by Gasteiger charge is 2.30. The molecular formula is C10H18N2O2S. The summed E-state index contributed by atoms with van der Waals surface area (Å²) >= 11 is 4.90. The van der Waals surface area contributed by atoms with Crippen molar-refractivity contribution in [3.8, 4) is 0 Å². The van der Waals surface area contributed by atoms with E-state index in [9.17, 15) is 4.79 Å². The molecule has 0 saturated carbocycles. The summed E-state index contributed by atoms with van der Waals surface area (Å²) in [7, 11) is 0. The van der Waals surface area contributed by atoms with Gasteiger partial charge in [-0.25, -0.2) is 4.79 Å². The van der Waals surface area contributed by atoms with E-state index >= 15 is 0 Å². The SMILES string of the molecule is CC(C)(C)OC(=O)N1CC[C@@H](C(N)=S)C1. The first-order chi connectivity index (χ1) is 6.79. The number of likely N-dealkylation sites (tertiary alicyclic amines) is 1. The van der Waals surface area contributed by atoms with E-state index in [0.717, 1.165) is 6.42 Å². The topological polar surface area (TPSA) is 55.6 Å². The van der Waals surface area contributed by atoms with Crippen LogP contribution in [0.3, 0.4) is 0 Å². The van der Waals surface area contributed by atoms with Gasteiger partial charge in [-0.15, -0.1) is 0 Å². The Labute approximate surface area is 95.8 Å². The van der Waals surface area contributed by atoms with Gasteiger partial charge in [0.2, 0.25) is 0 Å². The highest BCUT2D eigenvalue weighted by molar-refractivity contribution is 7.80. The molecular weight excluding hydrogens is 212 g/mol. The Balaban J connectivity index is 2.47. The number of carbonyl (C=O) groups excluding carboxylic acids is 1. The fourth-order valence-corrected chi connectivity index (χ4v) is 1.68. The average Bonchev–Trinajstić information content (AvgIpc) is 2.47. The molecule has 0 aliphatic carbocycles. The van der Waals surface area contributed by atoms with Crippen LogP contribution < -0.4 is 5.73 Å². The van der Waals surface area contributed by atoms with Gasteiger partial charge in [0, 0.05) is 19.0 Å². The number of carbonyl (C=O) groups is 1. The number of hydrogen-bond donors (Lipinski definition) is 1. The zero-order valence-corrected chi connectivity index (χ0v) is 10.3. The second-order valence-corrected chi connectivity index (χ2v) is 5.29. The van der Waals surface area contributed by atoms with Crippen molar-refractivity contribution in [2.45, 2.75) is 32.8 Å². The van der Waals surface area contributed by atoms with Gasteiger partial charge in [0.1, 0.15) is 5.60 Å². The first kappa shape index (κ1) is 12.2. The van der Waals surface area contributed by atoms with E-state index in [-0.39, 0.29) is 12.0 Å². The highest BCUT2D eigenvalue weighted by atomic mass is 32.1. The van der Waals surface area contributed by atoms with Crippen molar-refractivity contribution in [1.82, 2.24) is 4.90 Å². The number of nitrogens with two attached hydrogens (primary N) is 1. The third-order valence-electron chi connectivity index (χ3n) is 2.24. The molecule has 0 unspecified atom stereocenters. The van der Waals surface area contributed by atoms with Crippen molar-refractivity contribution < 1.29 is 9.53 Å². The molecule has 0 aromatic rings. The summed E-state index contributed by atoms with van der Waals surface area (Å²) in [6.07, 6.45) is 0.565. The monoisotopic (exact) mass is 230 g/mol. The number of nitrogens with zero attached hydrogens (tertiary/aromatic N) is 1. The molecule has 1 aliphatic heterocycles. The molecule has 1 aliphatic rings. The molecule has 1 heterocycles. The Morgan fingerprint density at radius 3 is 2.53 bits per heavy atom. The lowest BCUT2D eigenvalue weighted by atomic mass is 10.1. The van der Waals surface area contributed by atoms with E-state index < -0.39 is 5.60 Å². The van der Waals surface area contributed by atoms with Crippen LogP contribution in [0.15, 0.2) is 0 Å². The average molecular weight is 230 g/mol. The Hall–Kier alpha value is -0.840. The molecule has 1 atom stereocenters. The molecule has 86 valence electrons. The molecule has 4 nitrogen and oxygen atoms in total. The number of thiocarbonyl (C=S) groups is 1. The Kier molecular flexibility index (Phi) is 3.54. The first-order valence-corrected chi connectivity index (χ1v) is 5.47. The van der Waals surface area contributed by atoms with Crippen LogP contribution in [0.4, 0.5) is 4.79 Å². The van der Waals surface area contributed by atoms with Gasteiger partial charge < -0.3 is 15.4 Å². The van der Waals surface area contributed by atoms with Crippen molar-refractivity contribution in [3.63, 3.8) is 0 Å². The Bertz CT molecular complexity index is 273. The molecule has 0 bridgehead atoms. The zero-order valence-electron chi connectivity index (χ0n) is 9.45. The third-order valence-corrected chi connectivity index (χ3v) is 2.58. The van der Waals surface area contributed by atoms with Crippen LogP contribution in [0, 0.1) is 5.92 Å². The van der Waals surface area contributed by atoms with Gasteiger partial charge in [-0.05, 0) is 27.2 Å². The van der Waals surface area contributed by atoms with Crippen molar-refractivity contribution >= 4 is 23.3 Å². The quantitative estimate of drug-likeness (QED) is 0.694. The number of rotatable bonds is 1. The maximum Gasteiger partial charge on any atom is 0.410 e. The molecule has 0 radical (unpaired) electrons. The van der Waals surface area contributed by atoms with Crippen LogP contribution in [-0.2, 0) is 4.74 Å². The molecule has 1 saturated heterocycles. The predicted molar refractivity (Wildman–Crippen MR) is 62.7 cm³/mol. The van der Waals surface area contributed by atoms with Crippen LogP contribution in [-0.4, -0.2) is 34.7 Å². The van der Waals surface area contributed by atoms with Gasteiger partial charge in [0.25, 0.3) is 0 Å². The normalized spacial score (nSPS) is 21.5. The molecule has 1 amide bonds. The van der Waals surface area contributed by atoms with E-state index in [0.29, 0.717) is 18.1 Å². The van der Waals surface area contributed by atoms with Crippen molar-refractivity contribution in [1.29, 1.82) is 0 Å². The van der Waals surface area contributed by atoms with Crippen LogP contribution >= 0.6 is 12.2 Å². The van der Waals surface area contributed by atoms with E-state index in [1.807, 2.05) is 20.8 Å². The highest BCUT2D eigenvalue weighted by Crippen LogP contribution is 2.19. The van der Waals surface area contributed by atoms with Crippen molar-refractivity contribution in [2.24, 2.45) is 11.7 Å². The Morgan fingerprint density at radius 2 is 2.13 bits per heavy atom. The predicted octanol–water partition coefficient (Wildman–Crippen LogP) is 1.53. The Morgan fingerprint density at radius 1 is 1.53 bits per heavy atom. The summed E-state index contributed by atoms with van der Waals surface area (Å²) in [5.41, 5.74) is 5.09. The maximum absolute atomic E-state index is 11.6. The minimum absolute atomic E-state index is 0.146. The fraction of sp³-hybridized carbons (Fsp3) is 0.800. The van der Waals surface area contributed by atoms with Gasteiger partial charge >= 0.3 is 6.09 Å². The standard InChI is InChI=1S/C10H18N2O2S/c1-10(2,3)14-9(13)12-5-4-7(6-12)8(11)15/h7H,4-6H2,1-3H3,(H2,11,15)/t7-/m1/s1. The summed E-state index contributed by atoms with van der Waals surface area (Å²) in [5.74, 6) is 0.146. The lowest BCUT2D eigenvalue weighted by molar-refractivity contribution is 0.0292. The summed E-state index contributed by atoms with van der Waals surface area (Å²) in [6.45, 7) is 6.82. The maximum atomic E-state index is 11.6. The number of ether oxygens (including phenoxy) is 1. The van der Waals surface area contributed by atoms with Crippen LogP contribution in [0.2, 0.25) is 0 Å². The molecule has 1 rings (SSSR count). The number of hydrogen-bond acceptors (Lipinski definition) is 3. The van der Waals surface area contributed by atoms with E-state index in [1.165, 1.54) is 0 Å². The van der Waals surface area contributed by atoms with Crippen molar-refractivity contribution in [2.75, 3.05) is 13.1 Å². The van der Waals surface area contributed by atoms with Crippen LogP contribution in [0.5, 0.6) is 0 Å². The molecule has 2 N–H and O–H groups in total. The summed E-state index contributed by atoms with van der Waals surface area (Å²) < 4.78 is 5.25. The van der Waals surface area contributed by atoms with Crippen LogP contribution in [0.1, 0.15) is 27.2 Å². The van der Waals surface area contributed by atoms with Crippen molar-refractivity contribution in [3.05, 3.63) is 0 Å². The minimum atomic E-state index is -0.446. The second kappa shape index (κ2) is 4.35. The summed E-state index contributed by atoms with van der Waals surface area (Å²) in [5, 5.41) is 0. The van der Waals surface area contributed by atoms with E-state index in [1.54, 1.807) is 4.90 Å². The van der Waals surface area contributed by atoms with E-state index in [2.05, 4.69) is 0 Å². The molecule has 5 heteroatoms.